The van der Waals surface area contributed by atoms with Crippen molar-refractivity contribution >= 4 is 28.6 Å². The third-order valence-electron chi connectivity index (χ3n) is 3.21. The number of carboxylic acid groups (broad SMARTS) is 1. The van der Waals surface area contributed by atoms with E-state index in [0.717, 1.165) is 38.5 Å². The third-order valence-corrected chi connectivity index (χ3v) is 4.25. The first-order chi connectivity index (χ1) is 12.2. The minimum absolute atomic E-state index is 0.331. The van der Waals surface area contributed by atoms with Crippen molar-refractivity contribution in [3.8, 4) is 0 Å². The summed E-state index contributed by atoms with van der Waals surface area (Å²) in [6, 6.07) is 0. The van der Waals surface area contributed by atoms with Crippen LogP contribution in [0, 0.1) is 0 Å². The van der Waals surface area contributed by atoms with Gasteiger partial charge in [0, 0.05) is 0 Å². The number of allylic oxidation sites excluding steroid dienone is 12. The van der Waals surface area contributed by atoms with Crippen molar-refractivity contribution in [2.24, 2.45) is 0 Å². The lowest BCUT2D eigenvalue weighted by molar-refractivity contribution is -0.135. The van der Waals surface area contributed by atoms with Gasteiger partial charge in [0.15, 0.2) is 0 Å². The third kappa shape index (κ3) is 18.8. The van der Waals surface area contributed by atoms with Crippen molar-refractivity contribution in [1.82, 2.24) is 0 Å². The van der Waals surface area contributed by atoms with Crippen LogP contribution in [0.25, 0.3) is 0 Å². The molecule has 0 spiro atoms. The number of alkyl halides is 1. The van der Waals surface area contributed by atoms with Gasteiger partial charge in [-0.1, -0.05) is 102 Å². The summed E-state index contributed by atoms with van der Waals surface area (Å²) in [7, 11) is 0. The Morgan fingerprint density at radius 1 is 0.720 bits per heavy atom. The molecule has 0 rings (SSSR count). The first-order valence-electron chi connectivity index (χ1n) is 8.95. The van der Waals surface area contributed by atoms with Gasteiger partial charge in [-0.2, -0.15) is 0 Å². The van der Waals surface area contributed by atoms with Crippen molar-refractivity contribution in [2.75, 3.05) is 0 Å². The lowest BCUT2D eigenvalue weighted by Crippen LogP contribution is -2.10. The lowest BCUT2D eigenvalue weighted by Gasteiger charge is -1.97. The summed E-state index contributed by atoms with van der Waals surface area (Å²) in [6.07, 6.45) is 32.2. The van der Waals surface area contributed by atoms with Crippen LogP contribution in [0.3, 0.4) is 0 Å². The van der Waals surface area contributed by atoms with E-state index in [-0.39, 0.29) is 3.92 Å². The Labute approximate surface area is 166 Å². The number of rotatable bonds is 14. The molecule has 138 valence electrons. The van der Waals surface area contributed by atoms with E-state index in [1.807, 2.05) is 34.7 Å². The molecule has 0 radical (unpaired) electrons. The fourth-order valence-corrected chi connectivity index (χ4v) is 2.13. The molecule has 2 nitrogen and oxygen atoms in total. The maximum Gasteiger partial charge on any atom is 0.316 e. The maximum atomic E-state index is 10.6. The van der Waals surface area contributed by atoms with Gasteiger partial charge in [-0.05, 0) is 44.9 Å². The maximum absolute atomic E-state index is 10.6. The van der Waals surface area contributed by atoms with Gasteiger partial charge >= 0.3 is 5.97 Å². The number of halogens is 1. The SMILES string of the molecule is CC/C=C/C/C=C/C/C=C/C/C=C/C/C=C/C/C=C/CC(I)C(=O)O. The fourth-order valence-electron chi connectivity index (χ4n) is 1.84. The Kier molecular flexibility index (Phi) is 17.9. The number of hydrogen-bond acceptors (Lipinski definition) is 1. The van der Waals surface area contributed by atoms with Gasteiger partial charge in [-0.3, -0.25) is 4.79 Å². The van der Waals surface area contributed by atoms with E-state index in [0.29, 0.717) is 6.42 Å². The van der Waals surface area contributed by atoms with Crippen LogP contribution in [0.2, 0.25) is 0 Å². The molecule has 3 heteroatoms. The standard InChI is InChI=1S/C22H31IO2/c1-2-3-4-5-6-7-8-9-10-11-12-13-14-15-16-17-18-19-20-21(23)22(24)25/h3-4,6-7,9-10,12-13,15-16,18-19,21H,2,5,8,11,14,17,20H2,1H3,(H,24,25)/b4-3+,7-6+,10-9+,13-12+,16-15+,19-18+. The van der Waals surface area contributed by atoms with E-state index in [1.54, 1.807) is 0 Å². The first-order valence-corrected chi connectivity index (χ1v) is 10.2. The predicted octanol–water partition coefficient (Wildman–Crippen LogP) is 6.96. The molecular weight excluding hydrogens is 423 g/mol. The van der Waals surface area contributed by atoms with E-state index in [4.69, 9.17) is 5.11 Å². The van der Waals surface area contributed by atoms with Gasteiger partial charge in [-0.15, -0.1) is 0 Å². The molecule has 0 fully saturated rings. The highest BCUT2D eigenvalue weighted by Gasteiger charge is 2.09. The Morgan fingerprint density at radius 2 is 1.04 bits per heavy atom. The molecule has 0 amide bonds. The van der Waals surface area contributed by atoms with Crippen LogP contribution in [0.4, 0.5) is 0 Å². The second-order valence-corrected chi connectivity index (χ2v) is 6.96. The minimum atomic E-state index is -0.750. The molecule has 0 aliphatic rings. The highest BCUT2D eigenvalue weighted by molar-refractivity contribution is 14.1. The zero-order valence-corrected chi connectivity index (χ0v) is 17.3. The lowest BCUT2D eigenvalue weighted by atomic mass is 10.2. The van der Waals surface area contributed by atoms with Crippen LogP contribution in [-0.2, 0) is 4.79 Å². The molecule has 0 aromatic carbocycles. The van der Waals surface area contributed by atoms with Gasteiger partial charge in [0.05, 0.1) is 0 Å². The smallest absolute Gasteiger partial charge is 0.316 e. The zero-order chi connectivity index (χ0) is 18.6. The zero-order valence-electron chi connectivity index (χ0n) is 15.2. The van der Waals surface area contributed by atoms with E-state index in [2.05, 4.69) is 67.7 Å². The summed E-state index contributed by atoms with van der Waals surface area (Å²) in [4.78, 5) is 10.6. The van der Waals surface area contributed by atoms with Crippen molar-refractivity contribution in [2.45, 2.75) is 55.8 Å². The predicted molar refractivity (Wildman–Crippen MR) is 118 cm³/mol. The van der Waals surface area contributed by atoms with Crippen LogP contribution in [0.15, 0.2) is 72.9 Å². The summed E-state index contributed by atoms with van der Waals surface area (Å²) < 4.78 is -0.331. The Morgan fingerprint density at radius 3 is 1.36 bits per heavy atom. The van der Waals surface area contributed by atoms with E-state index in [9.17, 15) is 4.79 Å². The Balaban J connectivity index is 3.59. The summed E-state index contributed by atoms with van der Waals surface area (Å²) in [5.74, 6) is -0.750. The Bertz CT molecular complexity index is 496. The molecule has 0 bridgehead atoms. The average molecular weight is 454 g/mol. The highest BCUT2D eigenvalue weighted by atomic mass is 127. The topological polar surface area (TPSA) is 37.3 Å². The van der Waals surface area contributed by atoms with Gasteiger partial charge in [-0.25, -0.2) is 0 Å². The molecular formula is C22H31IO2. The van der Waals surface area contributed by atoms with Crippen LogP contribution >= 0.6 is 22.6 Å². The summed E-state index contributed by atoms with van der Waals surface area (Å²) >= 11 is 1.95. The van der Waals surface area contributed by atoms with E-state index < -0.39 is 5.97 Å². The largest absolute Gasteiger partial charge is 0.480 e. The molecule has 0 aromatic rings. The normalized spacial score (nSPS) is 14.3. The summed E-state index contributed by atoms with van der Waals surface area (Å²) in [5, 5.41) is 8.75. The molecule has 1 atom stereocenters. The second-order valence-electron chi connectivity index (χ2n) is 5.46. The molecule has 0 saturated carbocycles. The summed E-state index contributed by atoms with van der Waals surface area (Å²) in [6.45, 7) is 2.15. The van der Waals surface area contributed by atoms with E-state index >= 15 is 0 Å². The molecule has 1 unspecified atom stereocenters. The molecule has 1 N–H and O–H groups in total. The number of carbonyl (C=O) groups is 1. The second kappa shape index (κ2) is 19.0. The van der Waals surface area contributed by atoms with Crippen LogP contribution in [0.1, 0.15) is 51.9 Å². The highest BCUT2D eigenvalue weighted by Crippen LogP contribution is 2.07. The average Bonchev–Trinajstić information content (AvgIpc) is 2.60. The van der Waals surface area contributed by atoms with Gasteiger partial charge in [0.1, 0.15) is 3.92 Å². The van der Waals surface area contributed by atoms with E-state index in [1.165, 1.54) is 0 Å². The van der Waals surface area contributed by atoms with Gasteiger partial charge < -0.3 is 5.11 Å². The number of carboxylic acids is 1. The molecule has 0 saturated heterocycles. The molecule has 0 aliphatic heterocycles. The number of hydrogen-bond donors (Lipinski definition) is 1. The van der Waals surface area contributed by atoms with Crippen LogP contribution in [-0.4, -0.2) is 15.0 Å². The molecule has 25 heavy (non-hydrogen) atoms. The van der Waals surface area contributed by atoms with Crippen LogP contribution in [0.5, 0.6) is 0 Å². The minimum Gasteiger partial charge on any atom is -0.480 e. The number of aliphatic carboxylic acids is 1. The van der Waals surface area contributed by atoms with Gasteiger partial charge in [0.25, 0.3) is 0 Å². The van der Waals surface area contributed by atoms with Crippen molar-refractivity contribution < 1.29 is 9.90 Å². The quantitative estimate of drug-likeness (QED) is 0.175. The fraction of sp³-hybridized carbons (Fsp3) is 0.409. The van der Waals surface area contributed by atoms with Crippen molar-refractivity contribution in [3.63, 3.8) is 0 Å². The molecule has 0 aromatic heterocycles. The molecule has 0 aliphatic carbocycles. The summed E-state index contributed by atoms with van der Waals surface area (Å²) in [5.41, 5.74) is 0. The van der Waals surface area contributed by atoms with Gasteiger partial charge in [0.2, 0.25) is 0 Å². The van der Waals surface area contributed by atoms with Crippen LogP contribution < -0.4 is 0 Å². The first kappa shape index (κ1) is 23.6. The Hall–Kier alpha value is -1.36. The monoisotopic (exact) mass is 454 g/mol. The van der Waals surface area contributed by atoms with Crippen molar-refractivity contribution in [1.29, 1.82) is 0 Å². The molecule has 0 heterocycles. The van der Waals surface area contributed by atoms with Crippen molar-refractivity contribution in [3.05, 3.63) is 72.9 Å².